The zero-order valence-electron chi connectivity index (χ0n) is 14.8. The number of anilines is 1. The van der Waals surface area contributed by atoms with E-state index in [1.54, 1.807) is 19.2 Å². The number of nitrogens with zero attached hydrogens (tertiary/aromatic N) is 3. The number of nitrogens with one attached hydrogen (secondary N) is 1. The number of piperidine rings is 1. The minimum absolute atomic E-state index is 0.324. The summed E-state index contributed by atoms with van der Waals surface area (Å²) >= 11 is 0. The molecule has 1 aromatic carbocycles. The fourth-order valence-electron chi connectivity index (χ4n) is 3.46. The topological polar surface area (TPSA) is 71.1 Å². The van der Waals surface area contributed by atoms with Crippen LogP contribution in [0.1, 0.15) is 41.9 Å². The van der Waals surface area contributed by atoms with E-state index in [2.05, 4.69) is 20.9 Å². The van der Waals surface area contributed by atoms with Crippen molar-refractivity contribution in [2.75, 3.05) is 24.6 Å². The maximum atomic E-state index is 11.7. The summed E-state index contributed by atoms with van der Waals surface area (Å²) in [4.78, 5) is 26.6. The Morgan fingerprint density at radius 2 is 2.04 bits per heavy atom. The lowest BCUT2D eigenvalue weighted by molar-refractivity contribution is 0.0526. The Morgan fingerprint density at radius 1 is 1.23 bits per heavy atom. The Bertz CT molecular complexity index is 863. The van der Waals surface area contributed by atoms with Gasteiger partial charge in [-0.3, -0.25) is 0 Å². The number of hydrogen-bond donors (Lipinski definition) is 1. The Balaban J connectivity index is 1.40. The first-order chi connectivity index (χ1) is 12.7. The van der Waals surface area contributed by atoms with Crippen molar-refractivity contribution in [2.45, 2.75) is 25.7 Å². The van der Waals surface area contributed by atoms with Gasteiger partial charge in [-0.2, -0.15) is 0 Å². The smallest absolute Gasteiger partial charge is 0.339 e. The van der Waals surface area contributed by atoms with Crippen molar-refractivity contribution in [1.29, 1.82) is 0 Å². The molecule has 3 aromatic rings. The quantitative estimate of drug-likeness (QED) is 0.729. The van der Waals surface area contributed by atoms with Gasteiger partial charge >= 0.3 is 5.97 Å². The van der Waals surface area contributed by atoms with Crippen LogP contribution in [0.3, 0.4) is 0 Å². The van der Waals surface area contributed by atoms with E-state index in [1.807, 2.05) is 24.3 Å². The Labute approximate surface area is 152 Å². The van der Waals surface area contributed by atoms with E-state index in [0.29, 0.717) is 18.1 Å². The zero-order chi connectivity index (χ0) is 17.9. The predicted octanol–water partition coefficient (Wildman–Crippen LogP) is 3.52. The molecule has 3 heterocycles. The average molecular weight is 350 g/mol. The summed E-state index contributed by atoms with van der Waals surface area (Å²) in [7, 11) is 0. The molecule has 0 amide bonds. The maximum absolute atomic E-state index is 11.7. The highest BCUT2D eigenvalue weighted by molar-refractivity contribution is 5.89. The normalized spacial score (nSPS) is 15.3. The molecule has 1 saturated heterocycles. The molecule has 4 rings (SSSR count). The monoisotopic (exact) mass is 350 g/mol. The number of ether oxygens (including phenoxy) is 1. The van der Waals surface area contributed by atoms with Crippen LogP contribution < -0.4 is 4.90 Å². The number of pyridine rings is 1. The van der Waals surface area contributed by atoms with Gasteiger partial charge in [0.25, 0.3) is 0 Å². The molecule has 0 saturated carbocycles. The summed E-state index contributed by atoms with van der Waals surface area (Å²) in [6.07, 6.45) is 3.65. The molecular formula is C20H22N4O2. The molecule has 0 aliphatic carbocycles. The van der Waals surface area contributed by atoms with Gasteiger partial charge in [0.1, 0.15) is 11.6 Å². The molecule has 1 aliphatic heterocycles. The third-order valence-electron chi connectivity index (χ3n) is 4.87. The predicted molar refractivity (Wildman–Crippen MR) is 100 cm³/mol. The molecule has 0 atom stereocenters. The van der Waals surface area contributed by atoms with Crippen molar-refractivity contribution >= 4 is 22.8 Å². The molecule has 6 heteroatoms. The fourth-order valence-corrected chi connectivity index (χ4v) is 3.46. The van der Waals surface area contributed by atoms with Crippen LogP contribution in [-0.4, -0.2) is 40.6 Å². The van der Waals surface area contributed by atoms with Crippen LogP contribution in [0, 0.1) is 0 Å². The summed E-state index contributed by atoms with van der Waals surface area (Å²) in [6, 6.07) is 11.8. The minimum atomic E-state index is -0.324. The lowest BCUT2D eigenvalue weighted by atomic mass is 9.96. The summed E-state index contributed by atoms with van der Waals surface area (Å²) in [5, 5.41) is 0. The van der Waals surface area contributed by atoms with Gasteiger partial charge in [0.05, 0.1) is 23.2 Å². The fraction of sp³-hybridized carbons (Fsp3) is 0.350. The highest BCUT2D eigenvalue weighted by atomic mass is 16.5. The highest BCUT2D eigenvalue weighted by Crippen LogP contribution is 2.29. The van der Waals surface area contributed by atoms with Gasteiger partial charge in [-0.25, -0.2) is 14.8 Å². The second-order valence-corrected chi connectivity index (χ2v) is 6.53. The number of aromatic nitrogens is 3. The second-order valence-electron chi connectivity index (χ2n) is 6.53. The van der Waals surface area contributed by atoms with Gasteiger partial charge in [-0.1, -0.05) is 12.1 Å². The van der Waals surface area contributed by atoms with Crippen molar-refractivity contribution in [2.24, 2.45) is 0 Å². The van der Waals surface area contributed by atoms with Crippen LogP contribution >= 0.6 is 0 Å². The van der Waals surface area contributed by atoms with E-state index in [1.165, 1.54) is 0 Å². The lowest BCUT2D eigenvalue weighted by Crippen LogP contribution is -2.33. The number of hydrogen-bond acceptors (Lipinski definition) is 5. The molecular weight excluding hydrogens is 328 g/mol. The number of para-hydroxylation sites is 2. The van der Waals surface area contributed by atoms with E-state index >= 15 is 0 Å². The molecule has 1 N–H and O–H groups in total. The van der Waals surface area contributed by atoms with E-state index in [0.717, 1.165) is 48.6 Å². The van der Waals surface area contributed by atoms with Crippen LogP contribution in [0.5, 0.6) is 0 Å². The van der Waals surface area contributed by atoms with Crippen molar-refractivity contribution in [3.63, 3.8) is 0 Å². The highest BCUT2D eigenvalue weighted by Gasteiger charge is 2.24. The van der Waals surface area contributed by atoms with Gasteiger partial charge in [0.2, 0.25) is 0 Å². The number of esters is 1. The van der Waals surface area contributed by atoms with E-state index in [-0.39, 0.29) is 5.97 Å². The van der Waals surface area contributed by atoms with Crippen LogP contribution in [0.15, 0.2) is 42.6 Å². The number of rotatable bonds is 4. The number of fused-ring (bicyclic) bond motifs is 1. The number of H-pyrrole nitrogens is 1. The van der Waals surface area contributed by atoms with Gasteiger partial charge in [-0.05, 0) is 44.0 Å². The van der Waals surface area contributed by atoms with Gasteiger partial charge in [-0.15, -0.1) is 0 Å². The van der Waals surface area contributed by atoms with Gasteiger partial charge < -0.3 is 14.6 Å². The molecule has 1 aliphatic rings. The molecule has 2 aromatic heterocycles. The minimum Gasteiger partial charge on any atom is -0.462 e. The Kier molecular flexibility index (Phi) is 4.56. The Morgan fingerprint density at radius 3 is 2.73 bits per heavy atom. The number of benzene rings is 1. The van der Waals surface area contributed by atoms with E-state index < -0.39 is 0 Å². The van der Waals surface area contributed by atoms with Gasteiger partial charge in [0.15, 0.2) is 0 Å². The van der Waals surface area contributed by atoms with E-state index in [4.69, 9.17) is 9.72 Å². The molecule has 0 radical (unpaired) electrons. The number of imidazole rings is 1. The molecule has 0 spiro atoms. The standard InChI is InChI=1S/C20H22N4O2/c1-2-26-20(25)15-7-8-18(21-13-15)24-11-9-14(10-12-24)19-22-16-5-3-4-6-17(16)23-19/h3-8,13-14H,2,9-12H2,1H3,(H,22,23). The second kappa shape index (κ2) is 7.15. The maximum Gasteiger partial charge on any atom is 0.339 e. The third kappa shape index (κ3) is 3.27. The number of carbonyl (C=O) groups excluding carboxylic acids is 1. The summed E-state index contributed by atoms with van der Waals surface area (Å²) < 4.78 is 5.00. The first-order valence-electron chi connectivity index (χ1n) is 9.07. The van der Waals surface area contributed by atoms with Crippen LogP contribution in [-0.2, 0) is 4.74 Å². The average Bonchev–Trinajstić information content (AvgIpc) is 3.13. The van der Waals surface area contributed by atoms with Crippen molar-refractivity contribution < 1.29 is 9.53 Å². The van der Waals surface area contributed by atoms with Gasteiger partial charge in [0, 0.05) is 25.2 Å². The van der Waals surface area contributed by atoms with Crippen LogP contribution in [0.2, 0.25) is 0 Å². The summed E-state index contributed by atoms with van der Waals surface area (Å²) in [5.41, 5.74) is 2.62. The molecule has 6 nitrogen and oxygen atoms in total. The molecule has 134 valence electrons. The molecule has 1 fully saturated rings. The van der Waals surface area contributed by atoms with Crippen LogP contribution in [0.25, 0.3) is 11.0 Å². The number of carbonyl (C=O) groups is 1. The summed E-state index contributed by atoms with van der Waals surface area (Å²) in [5.74, 6) is 2.10. The summed E-state index contributed by atoms with van der Waals surface area (Å²) in [6.45, 7) is 4.02. The molecule has 0 unspecified atom stereocenters. The largest absolute Gasteiger partial charge is 0.462 e. The SMILES string of the molecule is CCOC(=O)c1ccc(N2CCC(c3nc4ccccc4[nH]3)CC2)nc1. The third-order valence-corrected chi connectivity index (χ3v) is 4.87. The first-order valence-corrected chi connectivity index (χ1v) is 9.07. The molecule has 0 bridgehead atoms. The lowest BCUT2D eigenvalue weighted by Gasteiger charge is -2.32. The van der Waals surface area contributed by atoms with Crippen molar-refractivity contribution in [1.82, 2.24) is 15.0 Å². The van der Waals surface area contributed by atoms with Crippen molar-refractivity contribution in [3.05, 3.63) is 54.0 Å². The first kappa shape index (κ1) is 16.6. The molecule has 26 heavy (non-hydrogen) atoms. The Hall–Kier alpha value is -2.89. The number of aromatic amines is 1. The van der Waals surface area contributed by atoms with E-state index in [9.17, 15) is 4.79 Å². The zero-order valence-corrected chi connectivity index (χ0v) is 14.8. The van der Waals surface area contributed by atoms with Crippen LogP contribution in [0.4, 0.5) is 5.82 Å². The van der Waals surface area contributed by atoms with Crippen molar-refractivity contribution in [3.8, 4) is 0 Å².